The molecule has 0 atom stereocenters. The second-order valence-electron chi connectivity index (χ2n) is 8.38. The molecule has 0 aliphatic carbocycles. The molecule has 1 aromatic carbocycles. The van der Waals surface area contributed by atoms with Crippen LogP contribution in [0.15, 0.2) is 12.1 Å². The number of piperidine rings is 1. The van der Waals surface area contributed by atoms with E-state index in [1.807, 2.05) is 19.1 Å². The second kappa shape index (κ2) is 7.24. The van der Waals surface area contributed by atoms with Gasteiger partial charge in [-0.1, -0.05) is 0 Å². The van der Waals surface area contributed by atoms with Gasteiger partial charge in [0, 0.05) is 17.1 Å². The van der Waals surface area contributed by atoms with E-state index in [2.05, 4.69) is 38.3 Å². The van der Waals surface area contributed by atoms with Gasteiger partial charge < -0.3 is 20.1 Å². The summed E-state index contributed by atoms with van der Waals surface area (Å²) in [6.07, 6.45) is 2.19. The van der Waals surface area contributed by atoms with Gasteiger partial charge in [0.15, 0.2) is 11.5 Å². The number of aryl methyl sites for hydroxylation is 1. The molecule has 1 amide bonds. The Morgan fingerprint density at radius 1 is 1.12 bits per heavy atom. The summed E-state index contributed by atoms with van der Waals surface area (Å²) in [4.78, 5) is 12.6. The van der Waals surface area contributed by atoms with Gasteiger partial charge in [0.05, 0.1) is 20.6 Å². The van der Waals surface area contributed by atoms with Crippen LogP contribution in [0.3, 0.4) is 0 Å². The van der Waals surface area contributed by atoms with E-state index in [0.29, 0.717) is 17.9 Å². The van der Waals surface area contributed by atoms with Crippen molar-refractivity contribution in [2.24, 2.45) is 0 Å². The van der Waals surface area contributed by atoms with E-state index < -0.39 is 0 Å². The van der Waals surface area contributed by atoms with Gasteiger partial charge >= 0.3 is 0 Å². The van der Waals surface area contributed by atoms with E-state index >= 15 is 0 Å². The third-order valence-electron chi connectivity index (χ3n) is 4.75. The second-order valence-corrected chi connectivity index (χ2v) is 8.38. The van der Waals surface area contributed by atoms with Gasteiger partial charge in [0.25, 0.3) is 0 Å². The molecular weight excluding hydrogens is 316 g/mol. The monoisotopic (exact) mass is 348 g/mol. The number of hydrogen-bond acceptors (Lipinski definition) is 4. The molecule has 25 heavy (non-hydrogen) atoms. The molecule has 1 saturated heterocycles. The zero-order valence-corrected chi connectivity index (χ0v) is 16.6. The van der Waals surface area contributed by atoms with Crippen LogP contribution in [-0.4, -0.2) is 37.2 Å². The fourth-order valence-corrected chi connectivity index (χ4v) is 4.09. The minimum Gasteiger partial charge on any atom is -0.493 e. The first-order valence-corrected chi connectivity index (χ1v) is 8.85. The average molecular weight is 348 g/mol. The Morgan fingerprint density at radius 3 is 2.16 bits per heavy atom. The fraction of sp³-hybridized carbons (Fsp3) is 0.650. The third kappa shape index (κ3) is 5.11. The number of amides is 1. The minimum atomic E-state index is 0.0128. The van der Waals surface area contributed by atoms with Crippen LogP contribution >= 0.6 is 0 Å². The van der Waals surface area contributed by atoms with Crippen LogP contribution in [0.2, 0.25) is 0 Å². The fourth-order valence-electron chi connectivity index (χ4n) is 4.09. The van der Waals surface area contributed by atoms with Crippen molar-refractivity contribution >= 4 is 5.91 Å². The smallest absolute Gasteiger partial charge is 0.224 e. The molecule has 0 spiro atoms. The molecule has 1 fully saturated rings. The normalized spacial score (nSPS) is 19.3. The van der Waals surface area contributed by atoms with Crippen LogP contribution in [0, 0.1) is 6.92 Å². The summed E-state index contributed by atoms with van der Waals surface area (Å²) >= 11 is 0. The first-order valence-electron chi connectivity index (χ1n) is 8.85. The quantitative estimate of drug-likeness (QED) is 0.859. The van der Waals surface area contributed by atoms with Gasteiger partial charge in [0.1, 0.15) is 0 Å². The van der Waals surface area contributed by atoms with Crippen LogP contribution in [0.5, 0.6) is 11.5 Å². The maximum absolute atomic E-state index is 12.6. The Morgan fingerprint density at radius 2 is 1.64 bits per heavy atom. The Labute approximate surface area is 151 Å². The molecule has 0 unspecified atom stereocenters. The maximum Gasteiger partial charge on any atom is 0.224 e. The summed E-state index contributed by atoms with van der Waals surface area (Å²) in [5.74, 6) is 1.39. The predicted molar refractivity (Wildman–Crippen MR) is 100 cm³/mol. The standard InChI is InChI=1S/C20H32N2O3/c1-13-8-16(24-6)17(25-7)9-14(13)10-18(23)21-15-11-19(2,3)22-20(4,5)12-15/h8-9,15,22H,10-12H2,1-7H3,(H,21,23). The van der Waals surface area contributed by atoms with Gasteiger partial charge in [-0.2, -0.15) is 0 Å². The lowest BCUT2D eigenvalue weighted by Gasteiger charge is -2.46. The molecule has 1 aromatic rings. The number of methoxy groups -OCH3 is 2. The lowest BCUT2D eigenvalue weighted by molar-refractivity contribution is -0.121. The van der Waals surface area contributed by atoms with Crippen LogP contribution in [0.1, 0.15) is 51.7 Å². The SMILES string of the molecule is COc1cc(C)c(CC(=O)NC2CC(C)(C)NC(C)(C)C2)cc1OC. The average Bonchev–Trinajstić information content (AvgIpc) is 2.45. The Balaban J connectivity index is 2.08. The number of rotatable bonds is 5. The summed E-state index contributed by atoms with van der Waals surface area (Å²) in [5, 5.41) is 6.86. The summed E-state index contributed by atoms with van der Waals surface area (Å²) in [5.41, 5.74) is 2.01. The van der Waals surface area contributed by atoms with Crippen molar-refractivity contribution in [3.63, 3.8) is 0 Å². The third-order valence-corrected chi connectivity index (χ3v) is 4.75. The van der Waals surface area contributed by atoms with E-state index in [9.17, 15) is 4.79 Å². The molecule has 2 N–H and O–H groups in total. The van der Waals surface area contributed by atoms with Crippen molar-refractivity contribution in [3.05, 3.63) is 23.3 Å². The molecule has 5 nitrogen and oxygen atoms in total. The Bertz CT molecular complexity index is 622. The van der Waals surface area contributed by atoms with Crippen LogP contribution in [0.25, 0.3) is 0 Å². The summed E-state index contributed by atoms with van der Waals surface area (Å²) < 4.78 is 10.7. The highest BCUT2D eigenvalue weighted by Crippen LogP contribution is 2.31. The summed E-state index contributed by atoms with van der Waals surface area (Å²) in [6, 6.07) is 3.99. The Kier molecular flexibility index (Phi) is 5.67. The van der Waals surface area contributed by atoms with Gasteiger partial charge in [0.2, 0.25) is 5.91 Å². The van der Waals surface area contributed by atoms with Crippen molar-refractivity contribution in [1.29, 1.82) is 0 Å². The highest BCUT2D eigenvalue weighted by molar-refractivity contribution is 5.79. The van der Waals surface area contributed by atoms with Gasteiger partial charge in [-0.05, 0) is 70.7 Å². The first-order chi connectivity index (χ1) is 11.5. The molecule has 2 rings (SSSR count). The number of nitrogens with one attached hydrogen (secondary N) is 2. The van der Waals surface area contributed by atoms with Crippen LogP contribution in [-0.2, 0) is 11.2 Å². The zero-order chi connectivity index (χ0) is 18.8. The van der Waals surface area contributed by atoms with Gasteiger partial charge in [-0.25, -0.2) is 0 Å². The molecule has 0 radical (unpaired) electrons. The van der Waals surface area contributed by atoms with E-state index in [4.69, 9.17) is 9.47 Å². The highest BCUT2D eigenvalue weighted by Gasteiger charge is 2.38. The largest absolute Gasteiger partial charge is 0.493 e. The van der Waals surface area contributed by atoms with Crippen molar-refractivity contribution in [2.45, 2.75) is 71.0 Å². The summed E-state index contributed by atoms with van der Waals surface area (Å²) in [6.45, 7) is 10.7. The Hall–Kier alpha value is -1.75. The minimum absolute atomic E-state index is 0.0128. The topological polar surface area (TPSA) is 59.6 Å². The molecule has 1 aliphatic heterocycles. The molecule has 1 aliphatic rings. The molecule has 0 aromatic heterocycles. The molecule has 5 heteroatoms. The van der Waals surface area contributed by atoms with Crippen molar-refractivity contribution in [1.82, 2.24) is 10.6 Å². The molecule has 1 heterocycles. The predicted octanol–water partition coefficient (Wildman–Crippen LogP) is 2.98. The maximum atomic E-state index is 12.6. The van der Waals surface area contributed by atoms with Crippen molar-refractivity contribution in [3.8, 4) is 11.5 Å². The lowest BCUT2D eigenvalue weighted by Crippen LogP contribution is -2.62. The van der Waals surface area contributed by atoms with E-state index in [1.54, 1.807) is 14.2 Å². The van der Waals surface area contributed by atoms with Gasteiger partial charge in [-0.3, -0.25) is 4.79 Å². The molecular formula is C20H32N2O3. The number of ether oxygens (including phenoxy) is 2. The number of carbonyl (C=O) groups is 1. The highest BCUT2D eigenvalue weighted by atomic mass is 16.5. The van der Waals surface area contributed by atoms with Crippen LogP contribution in [0.4, 0.5) is 0 Å². The van der Waals surface area contributed by atoms with Crippen molar-refractivity contribution in [2.75, 3.05) is 14.2 Å². The van der Waals surface area contributed by atoms with Crippen molar-refractivity contribution < 1.29 is 14.3 Å². The zero-order valence-electron chi connectivity index (χ0n) is 16.6. The number of hydrogen-bond donors (Lipinski definition) is 2. The van der Waals surface area contributed by atoms with E-state index in [-0.39, 0.29) is 23.0 Å². The van der Waals surface area contributed by atoms with E-state index in [0.717, 1.165) is 24.0 Å². The number of carbonyl (C=O) groups excluding carboxylic acids is 1. The van der Waals surface area contributed by atoms with Gasteiger partial charge in [-0.15, -0.1) is 0 Å². The number of benzene rings is 1. The summed E-state index contributed by atoms with van der Waals surface area (Å²) in [7, 11) is 3.22. The molecule has 140 valence electrons. The van der Waals surface area contributed by atoms with Crippen LogP contribution < -0.4 is 20.1 Å². The van der Waals surface area contributed by atoms with E-state index in [1.165, 1.54) is 0 Å². The first kappa shape index (κ1) is 19.6. The molecule has 0 saturated carbocycles. The molecule has 0 bridgehead atoms. The lowest BCUT2D eigenvalue weighted by atomic mass is 9.79.